The fourth-order valence-corrected chi connectivity index (χ4v) is 2.23. The molecule has 106 valence electrons. The number of hydrogen-bond acceptors (Lipinski definition) is 0. The normalized spacial score (nSPS) is 12.0. The van der Waals surface area contributed by atoms with Gasteiger partial charge in [0.1, 0.15) is 0 Å². The van der Waals surface area contributed by atoms with Crippen molar-refractivity contribution in [3.05, 3.63) is 0 Å². The summed E-state index contributed by atoms with van der Waals surface area (Å²) in [5, 5.41) is 0. The van der Waals surface area contributed by atoms with Crippen LogP contribution >= 0.6 is 0 Å². The second kappa shape index (κ2) is 9.74. The minimum atomic E-state index is -6.00. The van der Waals surface area contributed by atoms with E-state index in [0.717, 1.165) is 0 Å². The molecule has 0 rings (SSSR count). The van der Waals surface area contributed by atoms with E-state index in [1.807, 2.05) is 0 Å². The zero-order valence-electron chi connectivity index (χ0n) is 11.5. The Kier molecular flexibility index (Phi) is 10.9. The van der Waals surface area contributed by atoms with Crippen molar-refractivity contribution in [1.82, 2.24) is 0 Å². The summed E-state index contributed by atoms with van der Waals surface area (Å²) >= 11 is 0. The maximum atomic E-state index is 9.75. The van der Waals surface area contributed by atoms with Crippen LogP contribution in [-0.2, 0) is 0 Å². The average molecular weight is 259 g/mol. The molecule has 0 amide bonds. The summed E-state index contributed by atoms with van der Waals surface area (Å²) < 4.78 is 40.4. The Morgan fingerprint density at radius 2 is 0.941 bits per heavy atom. The van der Waals surface area contributed by atoms with Crippen LogP contribution in [0, 0.1) is 0 Å². The molecule has 0 aliphatic heterocycles. The summed E-state index contributed by atoms with van der Waals surface area (Å²) in [5.74, 6) is 0. The van der Waals surface area contributed by atoms with Crippen LogP contribution in [-0.4, -0.2) is 37.9 Å². The zero-order chi connectivity index (χ0) is 13.9. The van der Waals surface area contributed by atoms with Crippen molar-refractivity contribution in [3.8, 4) is 0 Å². The van der Waals surface area contributed by atoms with Crippen molar-refractivity contribution in [2.75, 3.05) is 26.2 Å². The SMILES string of the molecule is CCC[N+](CC)(CCC)CCC.F[B-](F)(F)F. The maximum absolute atomic E-state index is 9.75. The highest BCUT2D eigenvalue weighted by Crippen LogP contribution is 2.10. The zero-order valence-corrected chi connectivity index (χ0v) is 11.5. The first kappa shape index (κ1) is 19.1. The van der Waals surface area contributed by atoms with Crippen LogP contribution in [0.1, 0.15) is 47.0 Å². The molecule has 0 unspecified atom stereocenters. The highest BCUT2D eigenvalue weighted by molar-refractivity contribution is 6.50. The molecule has 6 heteroatoms. The number of rotatable bonds is 7. The molecule has 0 bridgehead atoms. The number of hydrogen-bond donors (Lipinski definition) is 0. The molecule has 0 aromatic heterocycles. The molecule has 0 radical (unpaired) electrons. The third-order valence-corrected chi connectivity index (χ3v) is 2.76. The Morgan fingerprint density at radius 1 is 0.706 bits per heavy atom. The summed E-state index contributed by atoms with van der Waals surface area (Å²) in [6.07, 6.45) is 3.98. The fraction of sp³-hybridized carbons (Fsp3) is 1.00. The quantitative estimate of drug-likeness (QED) is 0.362. The lowest BCUT2D eigenvalue weighted by molar-refractivity contribution is -0.926. The van der Waals surface area contributed by atoms with Gasteiger partial charge in [0.15, 0.2) is 0 Å². The monoisotopic (exact) mass is 259 g/mol. The smallest absolute Gasteiger partial charge is 0.418 e. The third kappa shape index (κ3) is 13.7. The topological polar surface area (TPSA) is 0 Å². The lowest BCUT2D eigenvalue weighted by atomic mass is 10.2. The van der Waals surface area contributed by atoms with Gasteiger partial charge in [0, 0.05) is 0 Å². The van der Waals surface area contributed by atoms with Crippen LogP contribution < -0.4 is 0 Å². The van der Waals surface area contributed by atoms with Gasteiger partial charge in [-0.2, -0.15) is 0 Å². The van der Waals surface area contributed by atoms with Gasteiger partial charge in [-0.05, 0) is 26.2 Å². The molecular weight excluding hydrogens is 233 g/mol. The van der Waals surface area contributed by atoms with Gasteiger partial charge < -0.3 is 21.7 Å². The van der Waals surface area contributed by atoms with Gasteiger partial charge in [-0.1, -0.05) is 20.8 Å². The average Bonchev–Trinajstić information content (AvgIpc) is 2.16. The first-order valence-electron chi connectivity index (χ1n) is 6.47. The summed E-state index contributed by atoms with van der Waals surface area (Å²) in [5.41, 5.74) is 0. The van der Waals surface area contributed by atoms with Crippen molar-refractivity contribution in [2.45, 2.75) is 47.0 Å². The Hall–Kier alpha value is -0.255. The minimum absolute atomic E-state index is 1.32. The van der Waals surface area contributed by atoms with Gasteiger partial charge in [0.2, 0.25) is 0 Å². The van der Waals surface area contributed by atoms with E-state index >= 15 is 0 Å². The standard InChI is InChI=1S/C11H26N.BF4/c1-5-9-12(8-4,10-6-2)11-7-3;2-1(3,4)5/h5-11H2,1-4H3;/q+1;-1. The van der Waals surface area contributed by atoms with Gasteiger partial charge >= 0.3 is 7.25 Å². The highest BCUT2D eigenvalue weighted by atomic mass is 19.5. The van der Waals surface area contributed by atoms with E-state index in [0.29, 0.717) is 0 Å². The van der Waals surface area contributed by atoms with Gasteiger partial charge in [-0.25, -0.2) is 0 Å². The van der Waals surface area contributed by atoms with Crippen LogP contribution in [0.5, 0.6) is 0 Å². The van der Waals surface area contributed by atoms with Gasteiger partial charge in [-0.3, -0.25) is 0 Å². The van der Waals surface area contributed by atoms with Gasteiger partial charge in [0.05, 0.1) is 26.2 Å². The van der Waals surface area contributed by atoms with E-state index in [1.165, 1.54) is 49.9 Å². The van der Waals surface area contributed by atoms with Crippen LogP contribution in [0.25, 0.3) is 0 Å². The van der Waals surface area contributed by atoms with E-state index in [-0.39, 0.29) is 0 Å². The van der Waals surface area contributed by atoms with Crippen LogP contribution in [0.3, 0.4) is 0 Å². The molecule has 0 aliphatic carbocycles. The fourth-order valence-electron chi connectivity index (χ4n) is 2.23. The largest absolute Gasteiger partial charge is 0.673 e. The lowest BCUT2D eigenvalue weighted by Crippen LogP contribution is -2.49. The summed E-state index contributed by atoms with van der Waals surface area (Å²) in [6, 6.07) is 0. The minimum Gasteiger partial charge on any atom is -0.418 e. The molecule has 0 spiro atoms. The Labute approximate surface area is 103 Å². The molecule has 0 aliphatic rings. The van der Waals surface area contributed by atoms with Crippen LogP contribution in [0.4, 0.5) is 17.3 Å². The summed E-state index contributed by atoms with van der Waals surface area (Å²) in [6.45, 7) is 14.7. The number of halogens is 4. The Morgan fingerprint density at radius 3 is 1.06 bits per heavy atom. The van der Waals surface area contributed by atoms with Crippen molar-refractivity contribution >= 4 is 7.25 Å². The van der Waals surface area contributed by atoms with Gasteiger partial charge in [0.25, 0.3) is 0 Å². The van der Waals surface area contributed by atoms with Crippen molar-refractivity contribution in [2.24, 2.45) is 0 Å². The second-order valence-electron chi connectivity index (χ2n) is 4.32. The molecule has 0 atom stereocenters. The Bertz CT molecular complexity index is 150. The predicted molar refractivity (Wildman–Crippen MR) is 66.5 cm³/mol. The van der Waals surface area contributed by atoms with Crippen molar-refractivity contribution in [1.29, 1.82) is 0 Å². The number of quaternary nitrogens is 1. The Balaban J connectivity index is 0. The molecule has 0 aromatic rings. The first-order chi connectivity index (χ1) is 7.74. The lowest BCUT2D eigenvalue weighted by Gasteiger charge is -2.37. The summed E-state index contributed by atoms with van der Waals surface area (Å²) in [7, 11) is -6.00. The maximum Gasteiger partial charge on any atom is 0.673 e. The summed E-state index contributed by atoms with van der Waals surface area (Å²) in [4.78, 5) is 0. The third-order valence-electron chi connectivity index (χ3n) is 2.76. The second-order valence-corrected chi connectivity index (χ2v) is 4.32. The van der Waals surface area contributed by atoms with E-state index in [2.05, 4.69) is 27.7 Å². The molecule has 0 saturated carbocycles. The van der Waals surface area contributed by atoms with Crippen molar-refractivity contribution < 1.29 is 21.7 Å². The van der Waals surface area contributed by atoms with E-state index in [4.69, 9.17) is 0 Å². The van der Waals surface area contributed by atoms with Crippen LogP contribution in [0.2, 0.25) is 0 Å². The van der Waals surface area contributed by atoms with E-state index in [9.17, 15) is 17.3 Å². The van der Waals surface area contributed by atoms with E-state index < -0.39 is 7.25 Å². The number of nitrogens with zero attached hydrogens (tertiary/aromatic N) is 1. The molecule has 0 aromatic carbocycles. The highest BCUT2D eigenvalue weighted by Gasteiger charge is 2.21. The van der Waals surface area contributed by atoms with Gasteiger partial charge in [-0.15, -0.1) is 0 Å². The molecular formula is C11H26BF4N. The molecule has 0 heterocycles. The van der Waals surface area contributed by atoms with E-state index in [1.54, 1.807) is 0 Å². The molecule has 1 nitrogen and oxygen atoms in total. The predicted octanol–water partition coefficient (Wildman–Crippen LogP) is 4.35. The van der Waals surface area contributed by atoms with Crippen molar-refractivity contribution in [3.63, 3.8) is 0 Å². The molecule has 0 N–H and O–H groups in total. The molecule has 0 fully saturated rings. The molecule has 0 saturated heterocycles. The van der Waals surface area contributed by atoms with Crippen LogP contribution in [0.15, 0.2) is 0 Å². The first-order valence-corrected chi connectivity index (χ1v) is 6.47. The molecule has 17 heavy (non-hydrogen) atoms.